The summed E-state index contributed by atoms with van der Waals surface area (Å²) in [6.45, 7) is 2.24. The van der Waals surface area contributed by atoms with Crippen molar-refractivity contribution in [3.05, 3.63) is 34.3 Å². The van der Waals surface area contributed by atoms with Gasteiger partial charge in [0, 0.05) is 24.1 Å². The molecule has 1 aromatic rings. The van der Waals surface area contributed by atoms with E-state index >= 15 is 0 Å². The van der Waals surface area contributed by atoms with Gasteiger partial charge in [0.1, 0.15) is 0 Å². The lowest BCUT2D eigenvalue weighted by Gasteiger charge is -2.38. The first kappa shape index (κ1) is 19.4. The van der Waals surface area contributed by atoms with Crippen LogP contribution in [0.25, 0.3) is 0 Å². The van der Waals surface area contributed by atoms with E-state index < -0.39 is 0 Å². The molecule has 1 aliphatic rings. The highest BCUT2D eigenvalue weighted by molar-refractivity contribution is 9.10. The van der Waals surface area contributed by atoms with Crippen LogP contribution >= 0.6 is 28.3 Å². The molecule has 0 saturated carbocycles. The molecule has 4 nitrogen and oxygen atoms in total. The Morgan fingerprint density at radius 3 is 2.50 bits per heavy atom. The number of ether oxygens (including phenoxy) is 1. The SMILES string of the molecule is CNCCCC(=O)NC1(c2ccc(Br)cc2)CCOCC1.Cl. The number of amides is 1. The third-order valence-electron chi connectivity index (χ3n) is 3.95. The van der Waals surface area contributed by atoms with Crippen LogP contribution in [0.5, 0.6) is 0 Å². The zero-order valence-electron chi connectivity index (χ0n) is 12.9. The lowest BCUT2D eigenvalue weighted by Crippen LogP contribution is -2.49. The van der Waals surface area contributed by atoms with E-state index in [9.17, 15) is 4.79 Å². The molecule has 0 unspecified atom stereocenters. The molecule has 6 heteroatoms. The second-order valence-electron chi connectivity index (χ2n) is 5.46. The minimum atomic E-state index is -0.282. The standard InChI is InChI=1S/C16H23BrN2O2.ClH/c1-18-10-2-3-15(20)19-16(8-11-21-12-9-16)13-4-6-14(17)7-5-13;/h4-7,18H,2-3,8-12H2,1H3,(H,19,20);1H. The topological polar surface area (TPSA) is 50.4 Å². The van der Waals surface area contributed by atoms with Crippen molar-refractivity contribution < 1.29 is 9.53 Å². The van der Waals surface area contributed by atoms with E-state index in [1.54, 1.807) is 0 Å². The molecular formula is C16H24BrClN2O2. The molecule has 1 saturated heterocycles. The van der Waals surface area contributed by atoms with E-state index in [2.05, 4.69) is 38.7 Å². The average Bonchev–Trinajstić information content (AvgIpc) is 2.49. The molecule has 0 spiro atoms. The van der Waals surface area contributed by atoms with Gasteiger partial charge in [0.2, 0.25) is 5.91 Å². The van der Waals surface area contributed by atoms with Gasteiger partial charge >= 0.3 is 0 Å². The lowest BCUT2D eigenvalue weighted by molar-refractivity contribution is -0.124. The number of nitrogens with one attached hydrogen (secondary N) is 2. The average molecular weight is 392 g/mol. The molecule has 2 N–H and O–H groups in total. The van der Waals surface area contributed by atoms with Crippen LogP contribution in [-0.2, 0) is 15.1 Å². The first-order chi connectivity index (χ1) is 10.2. The Kier molecular flexibility index (Phi) is 8.39. The molecule has 0 aliphatic carbocycles. The zero-order valence-corrected chi connectivity index (χ0v) is 15.3. The largest absolute Gasteiger partial charge is 0.381 e. The Hall–Kier alpha value is -0.620. The molecule has 0 aromatic heterocycles. The fourth-order valence-electron chi connectivity index (χ4n) is 2.73. The maximum atomic E-state index is 12.2. The molecule has 1 heterocycles. The Morgan fingerprint density at radius 1 is 1.27 bits per heavy atom. The van der Waals surface area contributed by atoms with Crippen molar-refractivity contribution in [1.82, 2.24) is 10.6 Å². The van der Waals surface area contributed by atoms with Crippen LogP contribution in [0.3, 0.4) is 0 Å². The van der Waals surface area contributed by atoms with Gasteiger partial charge in [0.05, 0.1) is 5.54 Å². The number of halogens is 2. The van der Waals surface area contributed by atoms with Crippen molar-refractivity contribution in [2.24, 2.45) is 0 Å². The predicted molar refractivity (Wildman–Crippen MR) is 94.4 cm³/mol. The molecule has 0 atom stereocenters. The van der Waals surface area contributed by atoms with Gasteiger partial charge in [-0.3, -0.25) is 4.79 Å². The lowest BCUT2D eigenvalue weighted by atomic mass is 9.82. The van der Waals surface area contributed by atoms with Crippen LogP contribution in [0, 0.1) is 0 Å². The number of hydrogen-bond donors (Lipinski definition) is 2. The summed E-state index contributed by atoms with van der Waals surface area (Å²) in [5.41, 5.74) is 0.881. The molecular weight excluding hydrogens is 368 g/mol. The highest BCUT2D eigenvalue weighted by Crippen LogP contribution is 2.33. The molecule has 22 heavy (non-hydrogen) atoms. The van der Waals surface area contributed by atoms with Gasteiger partial charge in [-0.1, -0.05) is 28.1 Å². The van der Waals surface area contributed by atoms with Crippen LogP contribution in [0.2, 0.25) is 0 Å². The minimum Gasteiger partial charge on any atom is -0.381 e. The maximum Gasteiger partial charge on any atom is 0.220 e. The van der Waals surface area contributed by atoms with Crippen molar-refractivity contribution in [3.63, 3.8) is 0 Å². The van der Waals surface area contributed by atoms with Crippen molar-refractivity contribution >= 4 is 34.2 Å². The molecule has 1 amide bonds. The second kappa shape index (κ2) is 9.50. The summed E-state index contributed by atoms with van der Waals surface area (Å²) in [6, 6.07) is 8.23. The highest BCUT2D eigenvalue weighted by Gasteiger charge is 2.35. The van der Waals surface area contributed by atoms with Gasteiger partial charge in [-0.2, -0.15) is 0 Å². The number of carbonyl (C=O) groups excluding carboxylic acids is 1. The summed E-state index contributed by atoms with van der Waals surface area (Å²) in [5, 5.41) is 6.33. The van der Waals surface area contributed by atoms with Crippen LogP contribution in [0.1, 0.15) is 31.2 Å². The summed E-state index contributed by atoms with van der Waals surface area (Å²) in [6.07, 6.45) is 3.06. The van der Waals surface area contributed by atoms with Crippen molar-refractivity contribution in [2.45, 2.75) is 31.2 Å². The highest BCUT2D eigenvalue weighted by atomic mass is 79.9. The minimum absolute atomic E-state index is 0. The number of rotatable bonds is 6. The molecule has 0 bridgehead atoms. The first-order valence-corrected chi connectivity index (χ1v) is 8.25. The first-order valence-electron chi connectivity index (χ1n) is 7.46. The number of benzene rings is 1. The zero-order chi connectivity index (χ0) is 15.1. The smallest absolute Gasteiger partial charge is 0.220 e. The van der Waals surface area contributed by atoms with Crippen LogP contribution < -0.4 is 10.6 Å². The van der Waals surface area contributed by atoms with Crippen LogP contribution in [0.15, 0.2) is 28.7 Å². The molecule has 124 valence electrons. The molecule has 1 fully saturated rings. The summed E-state index contributed by atoms with van der Waals surface area (Å²) in [5.74, 6) is 0.120. The molecule has 1 aliphatic heterocycles. The monoisotopic (exact) mass is 390 g/mol. The van der Waals surface area contributed by atoms with Gasteiger partial charge in [-0.25, -0.2) is 0 Å². The fraction of sp³-hybridized carbons (Fsp3) is 0.562. The quantitative estimate of drug-likeness (QED) is 0.733. The van der Waals surface area contributed by atoms with Gasteiger partial charge in [0.15, 0.2) is 0 Å². The Balaban J connectivity index is 0.00000242. The third kappa shape index (κ3) is 5.23. The molecule has 0 radical (unpaired) electrons. The Morgan fingerprint density at radius 2 is 1.91 bits per heavy atom. The van der Waals surface area contributed by atoms with Crippen molar-refractivity contribution in [1.29, 1.82) is 0 Å². The summed E-state index contributed by atoms with van der Waals surface area (Å²) < 4.78 is 6.53. The van der Waals surface area contributed by atoms with Crippen molar-refractivity contribution in [3.8, 4) is 0 Å². The van der Waals surface area contributed by atoms with Crippen molar-refractivity contribution in [2.75, 3.05) is 26.8 Å². The fourth-order valence-corrected chi connectivity index (χ4v) is 2.99. The van der Waals surface area contributed by atoms with Gasteiger partial charge in [0.25, 0.3) is 0 Å². The van der Waals surface area contributed by atoms with Crippen LogP contribution in [-0.4, -0.2) is 32.7 Å². The second-order valence-corrected chi connectivity index (χ2v) is 6.37. The normalized spacial score (nSPS) is 16.6. The van der Waals surface area contributed by atoms with E-state index in [-0.39, 0.29) is 23.9 Å². The van der Waals surface area contributed by atoms with E-state index in [0.717, 1.165) is 35.8 Å². The number of carbonyl (C=O) groups is 1. The number of hydrogen-bond acceptors (Lipinski definition) is 3. The van der Waals surface area contributed by atoms with E-state index in [0.29, 0.717) is 19.6 Å². The Bertz CT molecular complexity index is 462. The van der Waals surface area contributed by atoms with E-state index in [1.165, 1.54) is 0 Å². The summed E-state index contributed by atoms with van der Waals surface area (Å²) in [7, 11) is 1.90. The molecule has 1 aromatic carbocycles. The summed E-state index contributed by atoms with van der Waals surface area (Å²) >= 11 is 3.46. The maximum absolute atomic E-state index is 12.2. The third-order valence-corrected chi connectivity index (χ3v) is 4.48. The Labute approximate surface area is 146 Å². The molecule has 2 rings (SSSR count). The van der Waals surface area contributed by atoms with E-state index in [1.807, 2.05) is 19.2 Å². The van der Waals surface area contributed by atoms with E-state index in [4.69, 9.17) is 4.74 Å². The summed E-state index contributed by atoms with van der Waals surface area (Å²) in [4.78, 5) is 12.2. The van der Waals surface area contributed by atoms with Gasteiger partial charge in [-0.15, -0.1) is 12.4 Å². The van der Waals surface area contributed by atoms with Crippen LogP contribution in [0.4, 0.5) is 0 Å². The van der Waals surface area contributed by atoms with Gasteiger partial charge in [-0.05, 0) is 50.6 Å². The predicted octanol–water partition coefficient (Wildman–Crippen LogP) is 2.99. The van der Waals surface area contributed by atoms with Gasteiger partial charge < -0.3 is 15.4 Å².